The van der Waals surface area contributed by atoms with E-state index in [4.69, 9.17) is 0 Å². The molecule has 4 rings (SSSR count). The summed E-state index contributed by atoms with van der Waals surface area (Å²) in [5, 5.41) is 5.67. The number of nitrogens with one attached hydrogen (secondary N) is 2. The second-order valence-electron chi connectivity index (χ2n) is 8.89. The van der Waals surface area contributed by atoms with Gasteiger partial charge in [-0.05, 0) is 55.0 Å². The van der Waals surface area contributed by atoms with Crippen LogP contribution in [0.3, 0.4) is 0 Å². The minimum Gasteiger partial charge on any atom is -0.354 e. The van der Waals surface area contributed by atoms with Gasteiger partial charge in [-0.3, -0.25) is 14.4 Å². The first-order valence-corrected chi connectivity index (χ1v) is 11.7. The zero-order valence-corrected chi connectivity index (χ0v) is 18.6. The Kier molecular flexibility index (Phi) is 7.37. The fourth-order valence-electron chi connectivity index (χ4n) is 5.07. The van der Waals surface area contributed by atoms with Crippen LogP contribution in [0.2, 0.25) is 0 Å². The Labute approximate surface area is 193 Å². The first kappa shape index (κ1) is 23.0. The minimum atomic E-state index is -0.485. The molecule has 0 aromatic heterocycles. The molecule has 1 heterocycles. The summed E-state index contributed by atoms with van der Waals surface area (Å²) < 4.78 is 13.0. The molecule has 2 aliphatic rings. The van der Waals surface area contributed by atoms with Crippen molar-refractivity contribution in [3.63, 3.8) is 0 Å². The molecule has 174 valence electrons. The van der Waals surface area contributed by atoms with Gasteiger partial charge in [-0.25, -0.2) is 4.39 Å². The van der Waals surface area contributed by atoms with Crippen molar-refractivity contribution in [3.05, 3.63) is 71.5 Å². The smallest absolute Gasteiger partial charge is 0.254 e. The van der Waals surface area contributed by atoms with Crippen LogP contribution >= 0.6 is 0 Å². The van der Waals surface area contributed by atoms with Crippen LogP contribution < -0.4 is 10.6 Å². The van der Waals surface area contributed by atoms with Crippen molar-refractivity contribution in [2.45, 2.75) is 50.6 Å². The molecule has 7 heteroatoms. The lowest BCUT2D eigenvalue weighted by molar-refractivity contribution is -0.125. The number of halogens is 1. The Morgan fingerprint density at radius 2 is 1.61 bits per heavy atom. The molecule has 1 aliphatic carbocycles. The van der Waals surface area contributed by atoms with Crippen molar-refractivity contribution in [3.8, 4) is 0 Å². The zero-order chi connectivity index (χ0) is 23.2. The molecule has 0 radical (unpaired) electrons. The molecular formula is C26H30FN3O3. The molecule has 3 unspecified atom stereocenters. The van der Waals surface area contributed by atoms with Gasteiger partial charge in [0, 0.05) is 24.7 Å². The van der Waals surface area contributed by atoms with Gasteiger partial charge >= 0.3 is 0 Å². The molecule has 2 fully saturated rings. The second-order valence-corrected chi connectivity index (χ2v) is 8.89. The third-order valence-corrected chi connectivity index (χ3v) is 6.67. The fraction of sp³-hybridized carbons (Fsp3) is 0.423. The predicted molar refractivity (Wildman–Crippen MR) is 123 cm³/mol. The van der Waals surface area contributed by atoms with Crippen molar-refractivity contribution in [1.29, 1.82) is 0 Å². The van der Waals surface area contributed by atoms with Crippen molar-refractivity contribution in [2.75, 3.05) is 13.1 Å². The number of amides is 3. The van der Waals surface area contributed by atoms with Gasteiger partial charge in [0.2, 0.25) is 11.8 Å². The quantitative estimate of drug-likeness (QED) is 0.635. The maximum atomic E-state index is 13.3. The van der Waals surface area contributed by atoms with Crippen LogP contribution in [0.15, 0.2) is 54.6 Å². The molecule has 1 saturated carbocycles. The van der Waals surface area contributed by atoms with E-state index in [1.54, 1.807) is 24.3 Å². The van der Waals surface area contributed by atoms with Gasteiger partial charge in [0.1, 0.15) is 11.9 Å². The molecule has 2 N–H and O–H groups in total. The lowest BCUT2D eigenvalue weighted by Crippen LogP contribution is -2.50. The standard InChI is InChI=1S/C26H30FN3O3/c27-21-12-10-18(11-13-21)16-24(31)28-14-15-29-25(32)23-17-20-8-4-5-9-22(20)30(23)26(33)19-6-2-1-3-7-19/h1-3,6-7,10-13,20,22-23H,4-5,8-9,14-17H2,(H,28,31)(H,29,32). The molecule has 3 amide bonds. The Hall–Kier alpha value is -3.22. The molecule has 33 heavy (non-hydrogen) atoms. The highest BCUT2D eigenvalue weighted by atomic mass is 19.1. The third kappa shape index (κ3) is 5.59. The van der Waals surface area contributed by atoms with Crippen LogP contribution in [0.1, 0.15) is 48.0 Å². The van der Waals surface area contributed by atoms with Gasteiger partial charge in [0.15, 0.2) is 0 Å². The molecule has 2 aromatic carbocycles. The van der Waals surface area contributed by atoms with E-state index in [0.717, 1.165) is 31.2 Å². The topological polar surface area (TPSA) is 78.5 Å². The number of carbonyl (C=O) groups is 3. The first-order chi connectivity index (χ1) is 16.0. The van der Waals surface area contributed by atoms with Gasteiger partial charge in [-0.1, -0.05) is 43.2 Å². The number of benzene rings is 2. The molecule has 0 spiro atoms. The van der Waals surface area contributed by atoms with Crippen molar-refractivity contribution in [1.82, 2.24) is 15.5 Å². The number of fused-ring (bicyclic) bond motifs is 1. The van der Waals surface area contributed by atoms with E-state index in [1.165, 1.54) is 12.1 Å². The minimum absolute atomic E-state index is 0.0854. The SMILES string of the molecule is O=C(Cc1ccc(F)cc1)NCCNC(=O)C1CC2CCCCC2N1C(=O)c1ccccc1. The first-order valence-electron chi connectivity index (χ1n) is 11.7. The van der Waals surface area contributed by atoms with Crippen molar-refractivity contribution < 1.29 is 18.8 Å². The van der Waals surface area contributed by atoms with Crippen LogP contribution in [0.5, 0.6) is 0 Å². The molecular weight excluding hydrogens is 421 g/mol. The van der Waals surface area contributed by atoms with Gasteiger partial charge in [0.25, 0.3) is 5.91 Å². The summed E-state index contributed by atoms with van der Waals surface area (Å²) in [5.41, 5.74) is 1.33. The normalized spacial score (nSPS) is 21.8. The molecule has 1 aliphatic heterocycles. The van der Waals surface area contributed by atoms with E-state index in [-0.39, 0.29) is 49.1 Å². The van der Waals surface area contributed by atoms with E-state index < -0.39 is 6.04 Å². The van der Waals surface area contributed by atoms with Gasteiger partial charge in [-0.2, -0.15) is 0 Å². The van der Waals surface area contributed by atoms with E-state index in [0.29, 0.717) is 17.9 Å². The highest BCUT2D eigenvalue weighted by molar-refractivity contribution is 5.98. The van der Waals surface area contributed by atoms with Crippen molar-refractivity contribution >= 4 is 17.7 Å². The van der Waals surface area contributed by atoms with Gasteiger partial charge < -0.3 is 15.5 Å². The van der Waals surface area contributed by atoms with E-state index >= 15 is 0 Å². The monoisotopic (exact) mass is 451 g/mol. The van der Waals surface area contributed by atoms with Gasteiger partial charge in [0.05, 0.1) is 6.42 Å². The third-order valence-electron chi connectivity index (χ3n) is 6.67. The van der Waals surface area contributed by atoms with Gasteiger partial charge in [-0.15, -0.1) is 0 Å². The van der Waals surface area contributed by atoms with Crippen LogP contribution in [0, 0.1) is 11.7 Å². The number of rotatable bonds is 7. The summed E-state index contributed by atoms with van der Waals surface area (Å²) in [6.45, 7) is 0.575. The maximum absolute atomic E-state index is 13.3. The molecule has 1 saturated heterocycles. The molecule has 0 bridgehead atoms. The zero-order valence-electron chi connectivity index (χ0n) is 18.6. The van der Waals surface area contributed by atoms with E-state index in [9.17, 15) is 18.8 Å². The van der Waals surface area contributed by atoms with Crippen LogP contribution in [0.4, 0.5) is 4.39 Å². The number of likely N-dealkylation sites (tertiary alicyclic amines) is 1. The number of carbonyl (C=O) groups excluding carboxylic acids is 3. The van der Waals surface area contributed by atoms with Crippen LogP contribution in [-0.4, -0.2) is 47.8 Å². The van der Waals surface area contributed by atoms with E-state index in [1.807, 2.05) is 23.1 Å². The average molecular weight is 452 g/mol. The Morgan fingerprint density at radius 3 is 2.36 bits per heavy atom. The molecule has 3 atom stereocenters. The predicted octanol–water partition coefficient (Wildman–Crippen LogP) is 3.07. The fourth-order valence-corrected chi connectivity index (χ4v) is 5.07. The average Bonchev–Trinajstić information content (AvgIpc) is 3.23. The second kappa shape index (κ2) is 10.6. The van der Waals surface area contributed by atoms with Crippen LogP contribution in [0.25, 0.3) is 0 Å². The van der Waals surface area contributed by atoms with E-state index in [2.05, 4.69) is 10.6 Å². The largest absolute Gasteiger partial charge is 0.354 e. The maximum Gasteiger partial charge on any atom is 0.254 e. The number of nitrogens with zero attached hydrogens (tertiary/aromatic N) is 1. The summed E-state index contributed by atoms with van der Waals surface area (Å²) in [4.78, 5) is 40.2. The summed E-state index contributed by atoms with van der Waals surface area (Å²) in [6, 6.07) is 14.6. The Balaban J connectivity index is 1.31. The highest BCUT2D eigenvalue weighted by Gasteiger charge is 2.47. The highest BCUT2D eigenvalue weighted by Crippen LogP contribution is 2.40. The Bertz CT molecular complexity index is 980. The Morgan fingerprint density at radius 1 is 0.909 bits per heavy atom. The lowest BCUT2D eigenvalue weighted by atomic mass is 9.84. The number of hydrogen-bond donors (Lipinski definition) is 2. The van der Waals surface area contributed by atoms with Crippen molar-refractivity contribution in [2.24, 2.45) is 5.92 Å². The molecule has 6 nitrogen and oxygen atoms in total. The molecule has 2 aromatic rings. The summed E-state index contributed by atoms with van der Waals surface area (Å²) in [5.74, 6) is -0.422. The summed E-state index contributed by atoms with van der Waals surface area (Å²) in [7, 11) is 0. The lowest BCUT2D eigenvalue weighted by Gasteiger charge is -2.33. The van der Waals surface area contributed by atoms with Crippen LogP contribution in [-0.2, 0) is 16.0 Å². The summed E-state index contributed by atoms with van der Waals surface area (Å²) in [6.07, 6.45) is 5.04. The number of hydrogen-bond acceptors (Lipinski definition) is 3. The summed E-state index contributed by atoms with van der Waals surface area (Å²) >= 11 is 0.